The molecule has 2 heterocycles. The van der Waals surface area contributed by atoms with Crippen LogP contribution < -0.4 is 5.32 Å². The standard InChI is InChI=1S/C22H22N4O3/c1-14-8-7-11-23-21(14)26-15(2)12-19(25-26)22(29)24-18(20(28)16(3)27)13-17-9-5-4-6-10-17/h4-12,18H,13H2,1-3H3,(H,24,29). The van der Waals surface area contributed by atoms with Gasteiger partial charge in [-0.25, -0.2) is 9.67 Å². The van der Waals surface area contributed by atoms with Crippen molar-refractivity contribution in [3.63, 3.8) is 0 Å². The van der Waals surface area contributed by atoms with E-state index in [1.54, 1.807) is 16.9 Å². The Morgan fingerprint density at radius 3 is 2.45 bits per heavy atom. The summed E-state index contributed by atoms with van der Waals surface area (Å²) >= 11 is 0. The molecule has 0 aliphatic heterocycles. The lowest BCUT2D eigenvalue weighted by molar-refractivity contribution is -0.136. The number of amides is 1. The van der Waals surface area contributed by atoms with Crippen LogP contribution in [0.1, 0.15) is 34.2 Å². The Morgan fingerprint density at radius 2 is 1.79 bits per heavy atom. The number of hydrogen-bond acceptors (Lipinski definition) is 5. The highest BCUT2D eigenvalue weighted by atomic mass is 16.2. The van der Waals surface area contributed by atoms with Gasteiger partial charge >= 0.3 is 0 Å². The third-order valence-electron chi connectivity index (χ3n) is 4.55. The van der Waals surface area contributed by atoms with Crippen LogP contribution in [-0.4, -0.2) is 38.3 Å². The second-order valence-electron chi connectivity index (χ2n) is 6.86. The number of aromatic nitrogens is 3. The summed E-state index contributed by atoms with van der Waals surface area (Å²) in [6.07, 6.45) is 1.88. The first-order chi connectivity index (χ1) is 13.9. The molecule has 3 aromatic rings. The van der Waals surface area contributed by atoms with Gasteiger partial charge in [0.25, 0.3) is 5.91 Å². The van der Waals surface area contributed by atoms with Gasteiger partial charge in [-0.3, -0.25) is 14.4 Å². The van der Waals surface area contributed by atoms with Crippen molar-refractivity contribution in [3.05, 3.63) is 77.2 Å². The third-order valence-corrected chi connectivity index (χ3v) is 4.55. The number of carbonyl (C=O) groups is 3. The van der Waals surface area contributed by atoms with Crippen LogP contribution in [0.25, 0.3) is 5.82 Å². The summed E-state index contributed by atoms with van der Waals surface area (Å²) in [6, 6.07) is 13.6. The van der Waals surface area contributed by atoms with Gasteiger partial charge in [0.15, 0.2) is 17.3 Å². The van der Waals surface area contributed by atoms with Gasteiger partial charge in [-0.2, -0.15) is 5.10 Å². The minimum atomic E-state index is -0.954. The molecule has 0 spiro atoms. The predicted octanol–water partition coefficient (Wildman–Crippen LogP) is 2.38. The predicted molar refractivity (Wildman–Crippen MR) is 108 cm³/mol. The Labute approximate surface area is 168 Å². The highest BCUT2D eigenvalue weighted by Crippen LogP contribution is 2.14. The Kier molecular flexibility index (Phi) is 5.97. The van der Waals surface area contributed by atoms with Gasteiger partial charge in [0.1, 0.15) is 0 Å². The second-order valence-corrected chi connectivity index (χ2v) is 6.86. The number of pyridine rings is 1. The normalized spacial score (nSPS) is 11.7. The van der Waals surface area contributed by atoms with Gasteiger partial charge in [0.2, 0.25) is 5.78 Å². The summed E-state index contributed by atoms with van der Waals surface area (Å²) in [6.45, 7) is 4.93. The van der Waals surface area contributed by atoms with Crippen LogP contribution in [0.3, 0.4) is 0 Å². The highest BCUT2D eigenvalue weighted by molar-refractivity contribution is 6.38. The van der Waals surface area contributed by atoms with Crippen LogP contribution in [0, 0.1) is 13.8 Å². The van der Waals surface area contributed by atoms with Gasteiger partial charge in [-0.05, 0) is 37.1 Å². The van der Waals surface area contributed by atoms with Crippen LogP contribution >= 0.6 is 0 Å². The summed E-state index contributed by atoms with van der Waals surface area (Å²) in [5.41, 5.74) is 2.65. The number of aryl methyl sites for hydroxylation is 2. The number of carbonyl (C=O) groups excluding carboxylic acids is 3. The Balaban J connectivity index is 1.84. The van der Waals surface area contributed by atoms with E-state index in [-0.39, 0.29) is 12.1 Å². The third kappa shape index (κ3) is 4.63. The van der Waals surface area contributed by atoms with Crippen molar-refractivity contribution < 1.29 is 14.4 Å². The van der Waals surface area contributed by atoms with E-state index in [9.17, 15) is 14.4 Å². The number of nitrogens with zero attached hydrogens (tertiary/aromatic N) is 3. The molecule has 1 atom stereocenters. The molecule has 1 amide bonds. The number of nitrogens with one attached hydrogen (secondary N) is 1. The Hall–Kier alpha value is -3.61. The molecule has 29 heavy (non-hydrogen) atoms. The van der Waals surface area contributed by atoms with Crippen molar-refractivity contribution in [2.75, 3.05) is 0 Å². The van der Waals surface area contributed by atoms with E-state index in [0.717, 1.165) is 16.8 Å². The zero-order valence-electron chi connectivity index (χ0n) is 16.5. The first-order valence-electron chi connectivity index (χ1n) is 9.25. The number of hydrogen-bond donors (Lipinski definition) is 1. The molecule has 1 unspecified atom stereocenters. The molecular formula is C22H22N4O3. The zero-order chi connectivity index (χ0) is 21.0. The molecule has 1 N–H and O–H groups in total. The molecule has 0 saturated carbocycles. The second kappa shape index (κ2) is 8.60. The lowest BCUT2D eigenvalue weighted by Gasteiger charge is -2.16. The molecule has 2 aromatic heterocycles. The van der Waals surface area contributed by atoms with Gasteiger partial charge in [0.05, 0.1) is 6.04 Å². The fraction of sp³-hybridized carbons (Fsp3) is 0.227. The fourth-order valence-electron chi connectivity index (χ4n) is 3.04. The summed E-state index contributed by atoms with van der Waals surface area (Å²) in [5.74, 6) is -1.13. The average Bonchev–Trinajstić information content (AvgIpc) is 3.09. The van der Waals surface area contributed by atoms with E-state index in [2.05, 4.69) is 15.4 Å². The van der Waals surface area contributed by atoms with E-state index >= 15 is 0 Å². The van der Waals surface area contributed by atoms with Crippen molar-refractivity contribution in [2.45, 2.75) is 33.2 Å². The number of benzene rings is 1. The molecule has 7 heteroatoms. The summed E-state index contributed by atoms with van der Waals surface area (Å²) in [7, 11) is 0. The molecule has 0 fully saturated rings. The van der Waals surface area contributed by atoms with Gasteiger partial charge in [-0.15, -0.1) is 0 Å². The summed E-state index contributed by atoms with van der Waals surface area (Å²) in [5, 5.41) is 7.01. The molecule has 3 rings (SSSR count). The Morgan fingerprint density at radius 1 is 1.07 bits per heavy atom. The smallest absolute Gasteiger partial charge is 0.272 e. The maximum Gasteiger partial charge on any atom is 0.272 e. The minimum Gasteiger partial charge on any atom is -0.340 e. The maximum absolute atomic E-state index is 12.8. The molecule has 0 radical (unpaired) electrons. The first-order valence-corrected chi connectivity index (χ1v) is 9.25. The largest absolute Gasteiger partial charge is 0.340 e. The molecule has 0 bridgehead atoms. The summed E-state index contributed by atoms with van der Waals surface area (Å²) < 4.78 is 1.59. The molecule has 0 saturated heterocycles. The quantitative estimate of drug-likeness (QED) is 0.625. The topological polar surface area (TPSA) is 94.0 Å². The van der Waals surface area contributed by atoms with Gasteiger partial charge in [0, 0.05) is 25.2 Å². The fourth-order valence-corrected chi connectivity index (χ4v) is 3.04. The number of ketones is 2. The molecular weight excluding hydrogens is 368 g/mol. The van der Waals surface area contributed by atoms with Crippen LogP contribution in [0.15, 0.2) is 54.7 Å². The number of Topliss-reactive ketones (excluding diaryl/α,β-unsaturated/α-hetero) is 2. The lowest BCUT2D eigenvalue weighted by Crippen LogP contribution is -2.45. The van der Waals surface area contributed by atoms with Crippen LogP contribution in [0.4, 0.5) is 0 Å². The monoisotopic (exact) mass is 390 g/mol. The van der Waals surface area contributed by atoms with E-state index in [1.807, 2.05) is 56.3 Å². The van der Waals surface area contributed by atoms with E-state index in [0.29, 0.717) is 5.82 Å². The molecule has 148 valence electrons. The van der Waals surface area contributed by atoms with Gasteiger partial charge < -0.3 is 5.32 Å². The summed E-state index contributed by atoms with van der Waals surface area (Å²) in [4.78, 5) is 41.1. The van der Waals surface area contributed by atoms with Crippen LogP contribution in [-0.2, 0) is 16.0 Å². The van der Waals surface area contributed by atoms with Crippen molar-refractivity contribution in [3.8, 4) is 5.82 Å². The van der Waals surface area contributed by atoms with Crippen molar-refractivity contribution >= 4 is 17.5 Å². The molecule has 1 aromatic carbocycles. The lowest BCUT2D eigenvalue weighted by atomic mass is 10.0. The van der Waals surface area contributed by atoms with E-state index in [4.69, 9.17) is 0 Å². The van der Waals surface area contributed by atoms with Crippen molar-refractivity contribution in [1.29, 1.82) is 0 Å². The van der Waals surface area contributed by atoms with Crippen molar-refractivity contribution in [2.24, 2.45) is 0 Å². The Bertz CT molecular complexity index is 1060. The maximum atomic E-state index is 12.8. The van der Waals surface area contributed by atoms with Crippen LogP contribution in [0.2, 0.25) is 0 Å². The van der Waals surface area contributed by atoms with Gasteiger partial charge in [-0.1, -0.05) is 36.4 Å². The molecule has 7 nitrogen and oxygen atoms in total. The molecule has 0 aliphatic rings. The van der Waals surface area contributed by atoms with Crippen molar-refractivity contribution in [1.82, 2.24) is 20.1 Å². The van der Waals surface area contributed by atoms with E-state index < -0.39 is 23.5 Å². The van der Waals surface area contributed by atoms with E-state index in [1.165, 1.54) is 6.92 Å². The average molecular weight is 390 g/mol. The minimum absolute atomic E-state index is 0.155. The first kappa shape index (κ1) is 20.1. The SMILES string of the molecule is CC(=O)C(=O)C(Cc1ccccc1)NC(=O)c1cc(C)n(-c2ncccc2C)n1. The zero-order valence-corrected chi connectivity index (χ0v) is 16.5. The molecule has 0 aliphatic carbocycles. The number of rotatable bonds is 7. The highest BCUT2D eigenvalue weighted by Gasteiger charge is 2.26. The van der Waals surface area contributed by atoms with Crippen LogP contribution in [0.5, 0.6) is 0 Å².